The molecule has 1 aliphatic rings. The summed E-state index contributed by atoms with van der Waals surface area (Å²) in [6, 6.07) is 5.02. The quantitative estimate of drug-likeness (QED) is 0.767. The zero-order chi connectivity index (χ0) is 11.9. The first-order valence-corrected chi connectivity index (χ1v) is 5.78. The molecule has 0 aliphatic carbocycles. The van der Waals surface area contributed by atoms with Crippen LogP contribution in [-0.4, -0.2) is 40.4 Å². The second-order valence-electron chi connectivity index (χ2n) is 3.90. The number of phenolic OH excluding ortho intramolecular Hbond substituents is 1. The molecule has 4 nitrogen and oxygen atoms in total. The first-order valence-electron chi connectivity index (χ1n) is 4.90. The molecule has 2 atom stereocenters. The molecule has 1 heterocycles. The summed E-state index contributed by atoms with van der Waals surface area (Å²) in [7, 11) is 3.30. The summed E-state index contributed by atoms with van der Waals surface area (Å²) >= 11 is 1.29. The van der Waals surface area contributed by atoms with Gasteiger partial charge >= 0.3 is 0 Å². The van der Waals surface area contributed by atoms with E-state index in [9.17, 15) is 15.0 Å². The van der Waals surface area contributed by atoms with E-state index in [0.717, 1.165) is 4.90 Å². The van der Waals surface area contributed by atoms with Crippen molar-refractivity contribution in [2.45, 2.75) is 16.2 Å². The van der Waals surface area contributed by atoms with Gasteiger partial charge in [0.2, 0.25) is 5.91 Å². The number of hydrogen-bond acceptors (Lipinski definition) is 4. The Kier molecular flexibility index (Phi) is 2.82. The van der Waals surface area contributed by atoms with Crippen LogP contribution < -0.4 is 0 Å². The average Bonchev–Trinajstić information content (AvgIpc) is 2.56. The van der Waals surface area contributed by atoms with Crippen LogP contribution in [-0.2, 0) is 4.79 Å². The maximum absolute atomic E-state index is 11.8. The molecule has 0 bridgehead atoms. The minimum absolute atomic E-state index is 0.0477. The smallest absolute Gasteiger partial charge is 0.238 e. The highest BCUT2D eigenvalue weighted by Crippen LogP contribution is 2.48. The van der Waals surface area contributed by atoms with Gasteiger partial charge in [0.15, 0.2) is 0 Å². The molecule has 86 valence electrons. The van der Waals surface area contributed by atoms with Gasteiger partial charge in [-0.3, -0.25) is 4.79 Å². The normalized spacial score (nSPS) is 22.9. The van der Waals surface area contributed by atoms with E-state index in [2.05, 4.69) is 0 Å². The van der Waals surface area contributed by atoms with Crippen LogP contribution in [0, 0.1) is 0 Å². The number of amides is 1. The molecule has 0 fully saturated rings. The van der Waals surface area contributed by atoms with Crippen LogP contribution in [0.25, 0.3) is 0 Å². The Morgan fingerprint density at radius 3 is 2.69 bits per heavy atom. The fraction of sp³-hybridized carbons (Fsp3) is 0.364. The molecule has 0 saturated carbocycles. The molecule has 0 saturated heterocycles. The van der Waals surface area contributed by atoms with Crippen molar-refractivity contribution in [3.05, 3.63) is 23.8 Å². The molecule has 1 amide bonds. The third-order valence-corrected chi connectivity index (χ3v) is 3.89. The lowest BCUT2D eigenvalue weighted by Crippen LogP contribution is -2.33. The van der Waals surface area contributed by atoms with Crippen molar-refractivity contribution in [3.63, 3.8) is 0 Å². The Morgan fingerprint density at radius 1 is 1.44 bits per heavy atom. The zero-order valence-corrected chi connectivity index (χ0v) is 9.86. The Labute approximate surface area is 97.9 Å². The fourth-order valence-electron chi connectivity index (χ4n) is 1.73. The molecule has 5 heteroatoms. The van der Waals surface area contributed by atoms with E-state index in [1.165, 1.54) is 22.7 Å². The second-order valence-corrected chi connectivity index (χ2v) is 5.09. The molecule has 16 heavy (non-hydrogen) atoms. The lowest BCUT2D eigenvalue weighted by atomic mass is 10.1. The van der Waals surface area contributed by atoms with Gasteiger partial charge in [0.1, 0.15) is 17.1 Å². The van der Waals surface area contributed by atoms with Crippen molar-refractivity contribution < 1.29 is 15.0 Å². The summed E-state index contributed by atoms with van der Waals surface area (Å²) in [6.07, 6.45) is -0.934. The Bertz CT molecular complexity index is 433. The lowest BCUT2D eigenvalue weighted by molar-refractivity contribution is -0.129. The Morgan fingerprint density at radius 2 is 2.12 bits per heavy atom. The SMILES string of the molecule is CN(C)C(=O)C1Sc2cccc(O)c2C1O. The highest BCUT2D eigenvalue weighted by atomic mass is 32.2. The van der Waals surface area contributed by atoms with Crippen LogP contribution in [0.2, 0.25) is 0 Å². The Hall–Kier alpha value is -1.20. The van der Waals surface area contributed by atoms with Crippen LogP contribution in [0.1, 0.15) is 11.7 Å². The third kappa shape index (κ3) is 1.66. The average molecular weight is 239 g/mol. The number of rotatable bonds is 1. The van der Waals surface area contributed by atoms with Crippen LogP contribution in [0.5, 0.6) is 5.75 Å². The van der Waals surface area contributed by atoms with Crippen molar-refractivity contribution in [1.82, 2.24) is 4.90 Å². The first-order chi connectivity index (χ1) is 7.52. The van der Waals surface area contributed by atoms with Gasteiger partial charge in [-0.25, -0.2) is 0 Å². The van der Waals surface area contributed by atoms with Crippen LogP contribution in [0.15, 0.2) is 23.1 Å². The van der Waals surface area contributed by atoms with Gasteiger partial charge in [0.25, 0.3) is 0 Å². The zero-order valence-electron chi connectivity index (χ0n) is 9.04. The molecule has 1 aliphatic heterocycles. The van der Waals surface area contributed by atoms with Gasteiger partial charge in [0.05, 0.1) is 0 Å². The van der Waals surface area contributed by atoms with Gasteiger partial charge in [0, 0.05) is 24.6 Å². The van der Waals surface area contributed by atoms with Crippen molar-refractivity contribution >= 4 is 17.7 Å². The Balaban J connectivity index is 2.35. The molecule has 1 aromatic carbocycles. The highest BCUT2D eigenvalue weighted by Gasteiger charge is 2.39. The molecular formula is C11H13NO3S. The van der Waals surface area contributed by atoms with Crippen molar-refractivity contribution in [2.24, 2.45) is 0 Å². The van der Waals surface area contributed by atoms with Crippen LogP contribution >= 0.6 is 11.8 Å². The van der Waals surface area contributed by atoms with Crippen molar-refractivity contribution in [3.8, 4) is 5.75 Å². The van der Waals surface area contributed by atoms with E-state index in [0.29, 0.717) is 5.56 Å². The van der Waals surface area contributed by atoms with Crippen molar-refractivity contribution in [2.75, 3.05) is 14.1 Å². The van der Waals surface area contributed by atoms with Gasteiger partial charge < -0.3 is 15.1 Å². The fourth-order valence-corrected chi connectivity index (χ4v) is 3.08. The summed E-state index contributed by atoms with van der Waals surface area (Å²) in [5, 5.41) is 19.1. The molecule has 2 rings (SSSR count). The predicted molar refractivity (Wildman–Crippen MR) is 61.4 cm³/mol. The number of aliphatic hydroxyl groups excluding tert-OH is 1. The van der Waals surface area contributed by atoms with Gasteiger partial charge in [-0.2, -0.15) is 0 Å². The second kappa shape index (κ2) is 3.99. The minimum atomic E-state index is -0.934. The number of hydrogen-bond donors (Lipinski definition) is 2. The number of carbonyl (C=O) groups is 1. The maximum atomic E-state index is 11.8. The summed E-state index contributed by atoms with van der Waals surface area (Å²) < 4.78 is 0. The minimum Gasteiger partial charge on any atom is -0.508 e. The molecule has 2 unspecified atom stereocenters. The predicted octanol–water partition coefficient (Wildman–Crippen LogP) is 0.988. The highest BCUT2D eigenvalue weighted by molar-refractivity contribution is 8.01. The van der Waals surface area contributed by atoms with Gasteiger partial charge in [-0.05, 0) is 12.1 Å². The van der Waals surface area contributed by atoms with Gasteiger partial charge in [-0.1, -0.05) is 6.07 Å². The van der Waals surface area contributed by atoms with E-state index >= 15 is 0 Å². The monoisotopic (exact) mass is 239 g/mol. The standard InChI is InChI=1S/C11H13NO3S/c1-12(2)11(15)10-9(14)8-6(13)4-3-5-7(8)16-10/h3-5,9-10,13-14H,1-2H3. The third-order valence-electron chi connectivity index (χ3n) is 2.56. The summed E-state index contributed by atoms with van der Waals surface area (Å²) in [6.45, 7) is 0. The molecule has 0 aromatic heterocycles. The van der Waals surface area contributed by atoms with Crippen molar-refractivity contribution in [1.29, 1.82) is 0 Å². The van der Waals surface area contributed by atoms with E-state index in [1.807, 2.05) is 0 Å². The molecular weight excluding hydrogens is 226 g/mol. The number of thioether (sulfide) groups is 1. The molecule has 0 spiro atoms. The van der Waals surface area contributed by atoms with E-state index < -0.39 is 11.4 Å². The topological polar surface area (TPSA) is 60.8 Å². The first kappa shape index (κ1) is 11.3. The van der Waals surface area contributed by atoms with Crippen LogP contribution in [0.3, 0.4) is 0 Å². The number of aliphatic hydroxyl groups is 1. The molecule has 2 N–H and O–H groups in total. The van der Waals surface area contributed by atoms with E-state index in [4.69, 9.17) is 0 Å². The number of benzene rings is 1. The largest absolute Gasteiger partial charge is 0.508 e. The summed E-state index contributed by atoms with van der Waals surface area (Å²) in [5.74, 6) is -0.0975. The van der Waals surface area contributed by atoms with E-state index in [1.54, 1.807) is 26.2 Å². The van der Waals surface area contributed by atoms with Crippen LogP contribution in [0.4, 0.5) is 0 Å². The molecule has 1 aromatic rings. The molecule has 0 radical (unpaired) electrons. The van der Waals surface area contributed by atoms with Gasteiger partial charge in [-0.15, -0.1) is 11.8 Å². The maximum Gasteiger partial charge on any atom is 0.238 e. The number of nitrogens with zero attached hydrogens (tertiary/aromatic N) is 1. The summed E-state index contributed by atoms with van der Waals surface area (Å²) in [5.41, 5.74) is 0.465. The number of carbonyl (C=O) groups excluding carboxylic acids is 1. The lowest BCUT2D eigenvalue weighted by Gasteiger charge is -2.18. The number of aromatic hydroxyl groups is 1. The summed E-state index contributed by atoms with van der Waals surface area (Å²) in [4.78, 5) is 14.0. The number of phenols is 1. The van der Waals surface area contributed by atoms with E-state index in [-0.39, 0.29) is 11.7 Å². The number of fused-ring (bicyclic) bond motifs is 1.